The van der Waals surface area contributed by atoms with Crippen molar-refractivity contribution in [1.82, 2.24) is 9.78 Å². The molecule has 5 heteroatoms. The van der Waals surface area contributed by atoms with Crippen molar-refractivity contribution in [2.75, 3.05) is 12.8 Å². The molecule has 0 amide bonds. The molecule has 5 nitrogen and oxygen atoms in total. The lowest BCUT2D eigenvalue weighted by Gasteiger charge is -2.25. The molecule has 3 rings (SSSR count). The van der Waals surface area contributed by atoms with E-state index in [0.717, 1.165) is 23.2 Å². The van der Waals surface area contributed by atoms with Gasteiger partial charge in [0.25, 0.3) is 0 Å². The van der Waals surface area contributed by atoms with E-state index in [9.17, 15) is 5.11 Å². The average Bonchev–Trinajstić information content (AvgIpc) is 2.91. The Morgan fingerprint density at radius 2 is 2.26 bits per heavy atom. The van der Waals surface area contributed by atoms with Gasteiger partial charge in [0.05, 0.1) is 13.3 Å². The number of fused-ring (bicyclic) bond motifs is 1. The van der Waals surface area contributed by atoms with Crippen LogP contribution in [0, 0.1) is 0 Å². The molecule has 0 spiro atoms. The van der Waals surface area contributed by atoms with E-state index in [-0.39, 0.29) is 0 Å². The zero-order valence-corrected chi connectivity index (χ0v) is 11.1. The van der Waals surface area contributed by atoms with Gasteiger partial charge in [-0.25, -0.2) is 0 Å². The average molecular weight is 259 g/mol. The summed E-state index contributed by atoms with van der Waals surface area (Å²) in [5, 5.41) is 15.3. The zero-order valence-electron chi connectivity index (χ0n) is 11.1. The van der Waals surface area contributed by atoms with Crippen molar-refractivity contribution in [3.05, 3.63) is 41.2 Å². The molecule has 19 heavy (non-hydrogen) atoms. The summed E-state index contributed by atoms with van der Waals surface area (Å²) < 4.78 is 6.99. The van der Waals surface area contributed by atoms with Crippen LogP contribution in [0.25, 0.3) is 0 Å². The van der Waals surface area contributed by atoms with Crippen LogP contribution in [0.3, 0.4) is 0 Å². The number of methoxy groups -OCH3 is 1. The van der Waals surface area contributed by atoms with E-state index in [4.69, 9.17) is 10.5 Å². The highest BCUT2D eigenvalue weighted by molar-refractivity contribution is 5.53. The molecule has 3 N–H and O–H groups in total. The zero-order chi connectivity index (χ0) is 13.6. The highest BCUT2D eigenvalue weighted by atomic mass is 16.5. The number of nitrogens with zero attached hydrogens (tertiary/aromatic N) is 2. The van der Waals surface area contributed by atoms with Gasteiger partial charge in [0.2, 0.25) is 0 Å². The summed E-state index contributed by atoms with van der Waals surface area (Å²) in [6.07, 6.45) is 3.04. The minimum Gasteiger partial charge on any atom is -0.493 e. The van der Waals surface area contributed by atoms with E-state index in [0.29, 0.717) is 17.9 Å². The van der Waals surface area contributed by atoms with Gasteiger partial charge in [-0.15, -0.1) is 0 Å². The Bertz CT molecular complexity index is 636. The van der Waals surface area contributed by atoms with Crippen LogP contribution in [0.4, 0.5) is 5.69 Å². The number of nitrogens with two attached hydrogens (primary N) is 1. The van der Waals surface area contributed by atoms with Crippen LogP contribution in [0.1, 0.15) is 23.2 Å². The van der Waals surface area contributed by atoms with Crippen LogP contribution in [-0.2, 0) is 19.1 Å². The van der Waals surface area contributed by atoms with Gasteiger partial charge in [0.1, 0.15) is 11.3 Å². The topological polar surface area (TPSA) is 73.3 Å². The first-order valence-electron chi connectivity index (χ1n) is 6.24. The Labute approximate surface area is 111 Å². The lowest BCUT2D eigenvalue weighted by molar-refractivity contribution is 0.0711. The molecule has 0 aliphatic heterocycles. The van der Waals surface area contributed by atoms with Crippen LogP contribution in [0.5, 0.6) is 5.75 Å². The molecule has 1 heterocycles. The van der Waals surface area contributed by atoms with Crippen molar-refractivity contribution in [2.45, 2.75) is 18.4 Å². The second-order valence-electron chi connectivity index (χ2n) is 4.96. The molecule has 1 aliphatic carbocycles. The molecule has 0 saturated carbocycles. The number of anilines is 1. The van der Waals surface area contributed by atoms with Crippen LogP contribution in [0.15, 0.2) is 24.4 Å². The molecule has 100 valence electrons. The summed E-state index contributed by atoms with van der Waals surface area (Å²) in [6.45, 7) is 0. The van der Waals surface area contributed by atoms with Gasteiger partial charge in [0, 0.05) is 12.7 Å². The highest BCUT2D eigenvalue weighted by Crippen LogP contribution is 2.45. The predicted octanol–water partition coefficient (Wildman–Crippen LogP) is 1.19. The van der Waals surface area contributed by atoms with Crippen molar-refractivity contribution in [3.63, 3.8) is 0 Å². The molecule has 1 unspecified atom stereocenters. The normalized spacial score (nSPS) is 21.4. The lowest BCUT2D eigenvalue weighted by Crippen LogP contribution is -2.27. The second kappa shape index (κ2) is 3.99. The van der Waals surface area contributed by atoms with E-state index in [1.807, 2.05) is 25.2 Å². The Morgan fingerprint density at radius 1 is 1.47 bits per heavy atom. The van der Waals surface area contributed by atoms with E-state index in [2.05, 4.69) is 5.10 Å². The molecule has 1 atom stereocenters. The van der Waals surface area contributed by atoms with Gasteiger partial charge in [-0.2, -0.15) is 5.10 Å². The third kappa shape index (κ3) is 1.62. The monoisotopic (exact) mass is 259 g/mol. The number of benzene rings is 1. The van der Waals surface area contributed by atoms with Gasteiger partial charge in [-0.05, 0) is 36.1 Å². The van der Waals surface area contributed by atoms with Crippen molar-refractivity contribution in [1.29, 1.82) is 0 Å². The van der Waals surface area contributed by atoms with Gasteiger partial charge in [-0.3, -0.25) is 4.68 Å². The van der Waals surface area contributed by atoms with Crippen LogP contribution < -0.4 is 10.5 Å². The first-order chi connectivity index (χ1) is 9.06. The van der Waals surface area contributed by atoms with E-state index in [1.165, 1.54) is 0 Å². The summed E-state index contributed by atoms with van der Waals surface area (Å²) in [7, 11) is 3.40. The Hall–Kier alpha value is -2.01. The third-order valence-corrected chi connectivity index (χ3v) is 3.85. The number of rotatable bonds is 2. The number of nitrogen functional groups attached to an aromatic ring is 1. The number of ether oxygens (including phenoxy) is 1. The largest absolute Gasteiger partial charge is 0.493 e. The minimum atomic E-state index is -1.06. The maximum atomic E-state index is 11.1. The van der Waals surface area contributed by atoms with Crippen LogP contribution >= 0.6 is 0 Å². The summed E-state index contributed by atoms with van der Waals surface area (Å²) in [5.41, 5.74) is 8.14. The number of aryl methyl sites for hydroxylation is 2. The van der Waals surface area contributed by atoms with Gasteiger partial charge < -0.3 is 15.6 Å². The summed E-state index contributed by atoms with van der Waals surface area (Å²) in [5.74, 6) is 0.606. The fraction of sp³-hybridized carbons (Fsp3) is 0.357. The Kier molecular flexibility index (Phi) is 2.53. The Morgan fingerprint density at radius 3 is 3.00 bits per heavy atom. The maximum Gasteiger partial charge on any atom is 0.163 e. The van der Waals surface area contributed by atoms with Gasteiger partial charge >= 0.3 is 0 Å². The van der Waals surface area contributed by atoms with Crippen molar-refractivity contribution in [3.8, 4) is 5.75 Å². The van der Waals surface area contributed by atoms with Crippen molar-refractivity contribution >= 4 is 5.69 Å². The molecular formula is C14H17N3O2. The van der Waals surface area contributed by atoms with E-state index >= 15 is 0 Å². The molecule has 1 aromatic heterocycles. The number of hydrogen-bond acceptors (Lipinski definition) is 4. The molecular weight excluding hydrogens is 242 g/mol. The Balaban J connectivity index is 2.19. The standard InChI is InChI=1S/C14H17N3O2/c1-17-13(12(19-2)8-16-17)14(18)6-5-9-7-10(15)3-4-11(9)14/h3-4,7-8,18H,5-6,15H2,1-2H3. The number of hydrogen-bond donors (Lipinski definition) is 2. The molecule has 0 radical (unpaired) electrons. The molecule has 0 bridgehead atoms. The third-order valence-electron chi connectivity index (χ3n) is 3.85. The highest BCUT2D eigenvalue weighted by Gasteiger charge is 2.42. The van der Waals surface area contributed by atoms with Gasteiger partial charge in [0.15, 0.2) is 5.75 Å². The van der Waals surface area contributed by atoms with Crippen molar-refractivity contribution < 1.29 is 9.84 Å². The molecule has 2 aromatic rings. The fourth-order valence-corrected chi connectivity index (χ4v) is 2.96. The van der Waals surface area contributed by atoms with E-state index in [1.54, 1.807) is 18.0 Å². The van der Waals surface area contributed by atoms with E-state index < -0.39 is 5.60 Å². The summed E-state index contributed by atoms with van der Waals surface area (Å²) in [6, 6.07) is 5.64. The lowest BCUT2D eigenvalue weighted by atomic mass is 9.91. The predicted molar refractivity (Wildman–Crippen MR) is 71.9 cm³/mol. The number of aliphatic hydroxyl groups is 1. The fourth-order valence-electron chi connectivity index (χ4n) is 2.96. The van der Waals surface area contributed by atoms with Crippen LogP contribution in [-0.4, -0.2) is 22.0 Å². The minimum absolute atomic E-state index is 0.606. The van der Waals surface area contributed by atoms with Crippen LogP contribution in [0.2, 0.25) is 0 Å². The first kappa shape index (κ1) is 12.0. The quantitative estimate of drug-likeness (QED) is 0.795. The molecule has 1 aliphatic rings. The summed E-state index contributed by atoms with van der Waals surface area (Å²) in [4.78, 5) is 0. The van der Waals surface area contributed by atoms with Crippen molar-refractivity contribution in [2.24, 2.45) is 7.05 Å². The molecule has 0 fully saturated rings. The number of aromatic nitrogens is 2. The second-order valence-corrected chi connectivity index (χ2v) is 4.96. The maximum absolute atomic E-state index is 11.1. The smallest absolute Gasteiger partial charge is 0.163 e. The molecule has 1 aromatic carbocycles. The van der Waals surface area contributed by atoms with Gasteiger partial charge in [-0.1, -0.05) is 6.07 Å². The first-order valence-corrected chi connectivity index (χ1v) is 6.24. The summed E-state index contributed by atoms with van der Waals surface area (Å²) >= 11 is 0. The molecule has 0 saturated heterocycles. The SMILES string of the molecule is COc1cnn(C)c1C1(O)CCc2cc(N)ccc21.